The Labute approximate surface area is 171 Å². The Kier molecular flexibility index (Phi) is 7.22. The topological polar surface area (TPSA) is 63.2 Å². The predicted molar refractivity (Wildman–Crippen MR) is 109 cm³/mol. The summed E-state index contributed by atoms with van der Waals surface area (Å²) >= 11 is 0. The van der Waals surface area contributed by atoms with Gasteiger partial charge in [0.2, 0.25) is 0 Å². The second-order valence-corrected chi connectivity index (χ2v) is 7.03. The lowest BCUT2D eigenvalue weighted by Gasteiger charge is -2.31. The van der Waals surface area contributed by atoms with E-state index in [9.17, 15) is 4.79 Å². The Bertz CT molecular complexity index is 771. The summed E-state index contributed by atoms with van der Waals surface area (Å²) in [4.78, 5) is 12.1. The predicted octanol–water partition coefficient (Wildman–Crippen LogP) is 4.40. The smallest absolute Gasteiger partial charge is 0.306 e. The molecule has 29 heavy (non-hydrogen) atoms. The SMILES string of the molecule is COc1ccc(O[C@H]2[C@H](C)OC(=O)CCCC[C@@H]2Oc2ccc(OC)cc2)cc1. The molecule has 0 aromatic heterocycles. The zero-order chi connectivity index (χ0) is 20.6. The maximum absolute atomic E-state index is 12.1. The van der Waals surface area contributed by atoms with Crippen molar-refractivity contribution in [2.75, 3.05) is 14.2 Å². The van der Waals surface area contributed by atoms with Crippen LogP contribution < -0.4 is 18.9 Å². The van der Waals surface area contributed by atoms with Crippen molar-refractivity contribution in [3.8, 4) is 23.0 Å². The lowest BCUT2D eigenvalue weighted by atomic mass is 10.0. The van der Waals surface area contributed by atoms with Crippen LogP contribution in [-0.4, -0.2) is 38.5 Å². The Morgan fingerprint density at radius 3 is 1.86 bits per heavy atom. The molecule has 1 fully saturated rings. The lowest BCUT2D eigenvalue weighted by Crippen LogP contribution is -2.45. The van der Waals surface area contributed by atoms with Crippen LogP contribution in [0.1, 0.15) is 32.6 Å². The summed E-state index contributed by atoms with van der Waals surface area (Å²) in [6.45, 7) is 1.85. The molecule has 0 spiro atoms. The van der Waals surface area contributed by atoms with E-state index >= 15 is 0 Å². The first-order valence-electron chi connectivity index (χ1n) is 9.90. The molecule has 1 saturated heterocycles. The number of hydrogen-bond donors (Lipinski definition) is 0. The third-order valence-electron chi connectivity index (χ3n) is 4.94. The molecule has 1 aliphatic heterocycles. The molecule has 0 saturated carbocycles. The van der Waals surface area contributed by atoms with Crippen LogP contribution in [0, 0.1) is 0 Å². The van der Waals surface area contributed by atoms with Crippen LogP contribution in [0.15, 0.2) is 48.5 Å². The summed E-state index contributed by atoms with van der Waals surface area (Å²) in [5.74, 6) is 2.70. The molecule has 0 bridgehead atoms. The maximum atomic E-state index is 12.1. The molecule has 6 nitrogen and oxygen atoms in total. The molecule has 3 atom stereocenters. The monoisotopic (exact) mass is 400 g/mol. The van der Waals surface area contributed by atoms with Gasteiger partial charge in [-0.2, -0.15) is 0 Å². The van der Waals surface area contributed by atoms with Gasteiger partial charge in [0.05, 0.1) is 14.2 Å². The minimum absolute atomic E-state index is 0.203. The van der Waals surface area contributed by atoms with Crippen molar-refractivity contribution in [2.45, 2.75) is 50.9 Å². The fraction of sp³-hybridized carbons (Fsp3) is 0.435. The molecule has 156 valence electrons. The molecule has 0 radical (unpaired) electrons. The van der Waals surface area contributed by atoms with Gasteiger partial charge in [0.1, 0.15) is 35.2 Å². The number of carbonyl (C=O) groups is 1. The summed E-state index contributed by atoms with van der Waals surface area (Å²) in [7, 11) is 3.25. The Balaban J connectivity index is 1.82. The van der Waals surface area contributed by atoms with Crippen LogP contribution in [0.2, 0.25) is 0 Å². The van der Waals surface area contributed by atoms with E-state index in [-0.39, 0.29) is 12.1 Å². The molecule has 0 N–H and O–H groups in total. The Morgan fingerprint density at radius 1 is 0.793 bits per heavy atom. The highest BCUT2D eigenvalue weighted by Gasteiger charge is 2.34. The fourth-order valence-electron chi connectivity index (χ4n) is 3.35. The number of cyclic esters (lactones) is 1. The number of methoxy groups -OCH3 is 2. The fourth-order valence-corrected chi connectivity index (χ4v) is 3.35. The van der Waals surface area contributed by atoms with Crippen LogP contribution in [0.3, 0.4) is 0 Å². The first kappa shape index (κ1) is 20.8. The molecule has 0 amide bonds. The van der Waals surface area contributed by atoms with Gasteiger partial charge in [0.15, 0.2) is 6.10 Å². The number of carbonyl (C=O) groups excluding carboxylic acids is 1. The minimum Gasteiger partial charge on any atom is -0.497 e. The zero-order valence-corrected chi connectivity index (χ0v) is 17.1. The van der Waals surface area contributed by atoms with Crippen molar-refractivity contribution in [3.63, 3.8) is 0 Å². The van der Waals surface area contributed by atoms with Gasteiger partial charge in [-0.05, 0) is 74.7 Å². The molecule has 1 aliphatic rings. The number of ether oxygens (including phenoxy) is 5. The van der Waals surface area contributed by atoms with E-state index in [1.54, 1.807) is 14.2 Å². The number of esters is 1. The quantitative estimate of drug-likeness (QED) is 0.670. The largest absolute Gasteiger partial charge is 0.497 e. The summed E-state index contributed by atoms with van der Waals surface area (Å²) in [6.07, 6.45) is 1.61. The van der Waals surface area contributed by atoms with Crippen molar-refractivity contribution in [1.82, 2.24) is 0 Å². The van der Waals surface area contributed by atoms with Crippen molar-refractivity contribution >= 4 is 5.97 Å². The van der Waals surface area contributed by atoms with Gasteiger partial charge in [-0.25, -0.2) is 0 Å². The van der Waals surface area contributed by atoms with E-state index in [0.29, 0.717) is 12.2 Å². The van der Waals surface area contributed by atoms with Crippen LogP contribution in [-0.2, 0) is 9.53 Å². The van der Waals surface area contributed by atoms with E-state index in [0.717, 1.165) is 36.5 Å². The molecular formula is C23H28O6. The minimum atomic E-state index is -0.453. The molecule has 1 heterocycles. The third-order valence-corrected chi connectivity index (χ3v) is 4.94. The first-order chi connectivity index (χ1) is 14.1. The summed E-state index contributed by atoms with van der Waals surface area (Å²) < 4.78 is 28.6. The average molecular weight is 400 g/mol. The Morgan fingerprint density at radius 2 is 1.31 bits per heavy atom. The summed E-state index contributed by atoms with van der Waals surface area (Å²) in [6, 6.07) is 14.8. The van der Waals surface area contributed by atoms with E-state index in [4.69, 9.17) is 23.7 Å². The average Bonchev–Trinajstić information content (AvgIpc) is 2.80. The van der Waals surface area contributed by atoms with Crippen molar-refractivity contribution in [2.24, 2.45) is 0 Å². The molecular weight excluding hydrogens is 372 g/mol. The van der Waals surface area contributed by atoms with Crippen molar-refractivity contribution in [3.05, 3.63) is 48.5 Å². The second kappa shape index (κ2) is 10.0. The van der Waals surface area contributed by atoms with Gasteiger partial charge in [-0.15, -0.1) is 0 Å². The van der Waals surface area contributed by atoms with Gasteiger partial charge in [-0.3, -0.25) is 4.79 Å². The summed E-state index contributed by atoms with van der Waals surface area (Å²) in [5, 5.41) is 0. The standard InChI is InChI=1S/C23H28O6/c1-16-23(29-20-14-10-18(26-3)11-15-20)21(6-4-5-7-22(24)27-16)28-19-12-8-17(25-2)9-13-19/h8-16,21,23H,4-7H2,1-3H3/t16-,21-,23-/m0/s1. The molecule has 6 heteroatoms. The highest BCUT2D eigenvalue weighted by Crippen LogP contribution is 2.27. The number of hydrogen-bond acceptors (Lipinski definition) is 6. The first-order valence-corrected chi connectivity index (χ1v) is 9.90. The van der Waals surface area contributed by atoms with Gasteiger partial charge < -0.3 is 23.7 Å². The molecule has 0 aliphatic carbocycles. The van der Waals surface area contributed by atoms with E-state index in [2.05, 4.69) is 0 Å². The van der Waals surface area contributed by atoms with E-state index in [1.807, 2.05) is 55.5 Å². The van der Waals surface area contributed by atoms with Gasteiger partial charge in [-0.1, -0.05) is 0 Å². The van der Waals surface area contributed by atoms with Gasteiger partial charge in [0, 0.05) is 6.42 Å². The molecule has 2 aromatic carbocycles. The molecule has 2 aromatic rings. The van der Waals surface area contributed by atoms with E-state index in [1.165, 1.54) is 0 Å². The highest BCUT2D eigenvalue weighted by molar-refractivity contribution is 5.69. The second-order valence-electron chi connectivity index (χ2n) is 7.03. The Hall–Kier alpha value is -2.89. The van der Waals surface area contributed by atoms with Gasteiger partial charge >= 0.3 is 5.97 Å². The summed E-state index contributed by atoms with van der Waals surface area (Å²) in [5.41, 5.74) is 0. The van der Waals surface area contributed by atoms with Crippen LogP contribution >= 0.6 is 0 Å². The zero-order valence-electron chi connectivity index (χ0n) is 17.1. The highest BCUT2D eigenvalue weighted by atomic mass is 16.6. The molecule has 3 rings (SSSR count). The number of benzene rings is 2. The van der Waals surface area contributed by atoms with Crippen LogP contribution in [0.4, 0.5) is 0 Å². The maximum Gasteiger partial charge on any atom is 0.306 e. The van der Waals surface area contributed by atoms with Crippen LogP contribution in [0.25, 0.3) is 0 Å². The van der Waals surface area contributed by atoms with Gasteiger partial charge in [0.25, 0.3) is 0 Å². The van der Waals surface area contributed by atoms with Crippen molar-refractivity contribution < 1.29 is 28.5 Å². The van der Waals surface area contributed by atoms with Crippen molar-refractivity contribution in [1.29, 1.82) is 0 Å². The normalized spacial score (nSPS) is 22.4. The third kappa shape index (κ3) is 5.79. The van der Waals surface area contributed by atoms with E-state index < -0.39 is 12.2 Å². The molecule has 0 unspecified atom stereocenters. The van der Waals surface area contributed by atoms with Crippen LogP contribution in [0.5, 0.6) is 23.0 Å². The number of rotatable bonds is 6. The lowest BCUT2D eigenvalue weighted by molar-refractivity contribution is -0.154.